The van der Waals surface area contributed by atoms with E-state index in [2.05, 4.69) is 18.9 Å². The van der Waals surface area contributed by atoms with Gasteiger partial charge in [0, 0.05) is 12.6 Å². The monoisotopic (exact) mass is 260 g/mol. The van der Waals surface area contributed by atoms with Gasteiger partial charge in [-0.15, -0.1) is 0 Å². The van der Waals surface area contributed by atoms with Gasteiger partial charge in [-0.25, -0.2) is 4.39 Å². The second kappa shape index (κ2) is 6.16. The van der Waals surface area contributed by atoms with Gasteiger partial charge in [-0.2, -0.15) is 5.26 Å². The SMILES string of the molecule is CC1CCCCC1N(C)Cc1cc(F)cc(C#N)c1. The lowest BCUT2D eigenvalue weighted by molar-refractivity contribution is 0.133. The lowest BCUT2D eigenvalue weighted by Gasteiger charge is -2.36. The number of benzene rings is 1. The Labute approximate surface area is 114 Å². The summed E-state index contributed by atoms with van der Waals surface area (Å²) in [5.74, 6) is 0.377. The Balaban J connectivity index is 2.08. The highest BCUT2D eigenvalue weighted by atomic mass is 19.1. The molecule has 0 spiro atoms. The Bertz CT molecular complexity index is 478. The van der Waals surface area contributed by atoms with Crippen LogP contribution in [0.25, 0.3) is 0 Å². The quantitative estimate of drug-likeness (QED) is 0.828. The van der Waals surface area contributed by atoms with Crippen molar-refractivity contribution in [2.45, 2.75) is 45.2 Å². The largest absolute Gasteiger partial charge is 0.299 e. The molecule has 2 atom stereocenters. The van der Waals surface area contributed by atoms with Gasteiger partial charge < -0.3 is 0 Å². The third-order valence-electron chi connectivity index (χ3n) is 4.15. The molecule has 1 aromatic carbocycles. The molecular weight excluding hydrogens is 239 g/mol. The molecule has 0 aromatic heterocycles. The van der Waals surface area contributed by atoms with Crippen molar-refractivity contribution in [3.05, 3.63) is 35.1 Å². The van der Waals surface area contributed by atoms with Crippen LogP contribution in [0, 0.1) is 23.1 Å². The summed E-state index contributed by atoms with van der Waals surface area (Å²) in [4.78, 5) is 2.31. The molecule has 0 heterocycles. The molecule has 0 radical (unpaired) electrons. The van der Waals surface area contributed by atoms with Crippen LogP contribution in [-0.2, 0) is 6.54 Å². The first kappa shape index (κ1) is 14.0. The number of rotatable bonds is 3. The molecule has 1 aromatic rings. The number of nitrogens with zero attached hydrogens (tertiary/aromatic N) is 2. The van der Waals surface area contributed by atoms with E-state index in [9.17, 15) is 4.39 Å². The first-order valence-corrected chi connectivity index (χ1v) is 7.00. The summed E-state index contributed by atoms with van der Waals surface area (Å²) in [6.45, 7) is 3.01. The van der Waals surface area contributed by atoms with E-state index < -0.39 is 0 Å². The van der Waals surface area contributed by atoms with Crippen LogP contribution in [0.1, 0.15) is 43.7 Å². The molecular formula is C16H21FN2. The lowest BCUT2D eigenvalue weighted by atomic mass is 9.85. The molecule has 1 fully saturated rings. The number of halogens is 1. The van der Waals surface area contributed by atoms with Crippen LogP contribution in [0.15, 0.2) is 18.2 Å². The summed E-state index contributed by atoms with van der Waals surface area (Å²) in [5.41, 5.74) is 1.29. The first-order chi connectivity index (χ1) is 9.10. The number of nitriles is 1. The summed E-state index contributed by atoms with van der Waals surface area (Å²) in [5, 5.41) is 8.88. The summed E-state index contributed by atoms with van der Waals surface area (Å²) >= 11 is 0. The van der Waals surface area contributed by atoms with E-state index >= 15 is 0 Å². The average Bonchev–Trinajstić information content (AvgIpc) is 2.38. The molecule has 0 amide bonds. The van der Waals surface area contributed by atoms with Gasteiger partial charge in [0.15, 0.2) is 0 Å². The maximum absolute atomic E-state index is 13.4. The van der Waals surface area contributed by atoms with E-state index in [4.69, 9.17) is 5.26 Å². The van der Waals surface area contributed by atoms with Gasteiger partial charge >= 0.3 is 0 Å². The lowest BCUT2D eigenvalue weighted by Crippen LogP contribution is -2.38. The molecule has 102 valence electrons. The zero-order chi connectivity index (χ0) is 13.8. The Morgan fingerprint density at radius 2 is 2.05 bits per heavy atom. The Morgan fingerprint density at radius 1 is 1.32 bits per heavy atom. The van der Waals surface area contributed by atoms with Crippen molar-refractivity contribution in [1.29, 1.82) is 5.26 Å². The molecule has 1 aliphatic carbocycles. The van der Waals surface area contributed by atoms with Crippen molar-refractivity contribution in [3.63, 3.8) is 0 Å². The fourth-order valence-electron chi connectivity index (χ4n) is 3.16. The molecule has 2 rings (SSSR count). The van der Waals surface area contributed by atoms with Gasteiger partial charge in [0.05, 0.1) is 11.6 Å². The van der Waals surface area contributed by atoms with E-state index in [-0.39, 0.29) is 5.82 Å². The van der Waals surface area contributed by atoms with E-state index in [0.717, 1.165) is 5.56 Å². The summed E-state index contributed by atoms with van der Waals surface area (Å²) in [7, 11) is 2.10. The predicted octanol–water partition coefficient (Wildman–Crippen LogP) is 3.71. The highest BCUT2D eigenvalue weighted by Gasteiger charge is 2.24. The summed E-state index contributed by atoms with van der Waals surface area (Å²) in [6.07, 6.45) is 5.11. The van der Waals surface area contributed by atoms with Crippen LogP contribution >= 0.6 is 0 Å². The highest BCUT2D eigenvalue weighted by molar-refractivity contribution is 5.33. The van der Waals surface area contributed by atoms with Gasteiger partial charge in [0.2, 0.25) is 0 Å². The third kappa shape index (κ3) is 3.54. The first-order valence-electron chi connectivity index (χ1n) is 7.00. The van der Waals surface area contributed by atoms with Crippen molar-refractivity contribution in [2.75, 3.05) is 7.05 Å². The second-order valence-electron chi connectivity index (χ2n) is 5.70. The molecule has 1 aliphatic rings. The van der Waals surface area contributed by atoms with Crippen LogP contribution < -0.4 is 0 Å². The fraction of sp³-hybridized carbons (Fsp3) is 0.562. The van der Waals surface area contributed by atoms with Gasteiger partial charge in [0.25, 0.3) is 0 Å². The normalized spacial score (nSPS) is 23.3. The van der Waals surface area contributed by atoms with Crippen molar-refractivity contribution in [1.82, 2.24) is 4.90 Å². The highest BCUT2D eigenvalue weighted by Crippen LogP contribution is 2.28. The Kier molecular flexibility index (Phi) is 4.55. The van der Waals surface area contributed by atoms with Crippen molar-refractivity contribution in [2.24, 2.45) is 5.92 Å². The molecule has 19 heavy (non-hydrogen) atoms. The molecule has 0 bridgehead atoms. The summed E-state index contributed by atoms with van der Waals surface area (Å²) < 4.78 is 13.4. The van der Waals surface area contributed by atoms with Gasteiger partial charge in [-0.1, -0.05) is 19.8 Å². The van der Waals surface area contributed by atoms with Crippen LogP contribution in [-0.4, -0.2) is 18.0 Å². The zero-order valence-corrected chi connectivity index (χ0v) is 11.7. The van der Waals surface area contributed by atoms with E-state index in [1.165, 1.54) is 37.8 Å². The molecule has 2 nitrogen and oxygen atoms in total. The van der Waals surface area contributed by atoms with E-state index in [1.54, 1.807) is 6.07 Å². The second-order valence-corrected chi connectivity index (χ2v) is 5.70. The Hall–Kier alpha value is -1.40. The van der Waals surface area contributed by atoms with Crippen LogP contribution in [0.4, 0.5) is 4.39 Å². The molecule has 3 heteroatoms. The van der Waals surface area contributed by atoms with E-state index in [0.29, 0.717) is 24.1 Å². The van der Waals surface area contributed by atoms with E-state index in [1.807, 2.05) is 6.07 Å². The maximum Gasteiger partial charge on any atom is 0.124 e. The average molecular weight is 260 g/mol. The van der Waals surface area contributed by atoms with Gasteiger partial charge in [-0.05, 0) is 49.6 Å². The topological polar surface area (TPSA) is 27.0 Å². The zero-order valence-electron chi connectivity index (χ0n) is 11.7. The standard InChI is InChI=1S/C16H21FN2/c1-12-5-3-4-6-16(12)19(2)11-14-7-13(10-18)8-15(17)9-14/h7-9,12,16H,3-6,11H2,1-2H3. The van der Waals surface area contributed by atoms with Gasteiger partial charge in [-0.3, -0.25) is 4.90 Å². The molecule has 0 aliphatic heterocycles. The van der Waals surface area contributed by atoms with Crippen molar-refractivity contribution >= 4 is 0 Å². The fourth-order valence-corrected chi connectivity index (χ4v) is 3.16. The minimum absolute atomic E-state index is 0.320. The van der Waals surface area contributed by atoms with Crippen LogP contribution in [0.3, 0.4) is 0 Å². The number of hydrogen-bond donors (Lipinski definition) is 0. The third-order valence-corrected chi connectivity index (χ3v) is 4.15. The molecule has 0 saturated heterocycles. The summed E-state index contributed by atoms with van der Waals surface area (Å²) in [6, 6.07) is 7.18. The van der Waals surface area contributed by atoms with Crippen LogP contribution in [0.5, 0.6) is 0 Å². The maximum atomic E-state index is 13.4. The minimum atomic E-state index is -0.320. The van der Waals surface area contributed by atoms with Crippen molar-refractivity contribution < 1.29 is 4.39 Å². The smallest absolute Gasteiger partial charge is 0.124 e. The molecule has 1 saturated carbocycles. The Morgan fingerprint density at radius 3 is 2.74 bits per heavy atom. The molecule has 2 unspecified atom stereocenters. The minimum Gasteiger partial charge on any atom is -0.299 e. The predicted molar refractivity (Wildman–Crippen MR) is 74.0 cm³/mol. The van der Waals surface area contributed by atoms with Crippen molar-refractivity contribution in [3.8, 4) is 6.07 Å². The molecule has 0 N–H and O–H groups in total. The number of hydrogen-bond acceptors (Lipinski definition) is 2. The van der Waals surface area contributed by atoms with Crippen LogP contribution in [0.2, 0.25) is 0 Å². The van der Waals surface area contributed by atoms with Gasteiger partial charge in [0.1, 0.15) is 5.82 Å².